The summed E-state index contributed by atoms with van der Waals surface area (Å²) in [6.45, 7) is 0.580. The minimum absolute atomic E-state index is 0.108. The van der Waals surface area contributed by atoms with Gasteiger partial charge in [-0.05, 0) is 0 Å². The molecule has 13 heavy (non-hydrogen) atoms. The zero-order chi connectivity index (χ0) is 11.3. The van der Waals surface area contributed by atoms with Gasteiger partial charge in [-0.25, -0.2) is 0 Å². The van der Waals surface area contributed by atoms with Crippen LogP contribution in [0.15, 0.2) is 0 Å². The first-order chi connectivity index (χ1) is 5.88. The lowest BCUT2D eigenvalue weighted by molar-refractivity contribution is -0.742. The number of nitrogens with two attached hydrogens (primary N) is 1. The number of hydrogen-bond acceptors (Lipinski definition) is 7. The Morgan fingerprint density at radius 2 is 1.46 bits per heavy atom. The second-order valence-corrected chi connectivity index (χ2v) is 1.15. The summed E-state index contributed by atoms with van der Waals surface area (Å²) in [6.07, 6.45) is 0. The van der Waals surface area contributed by atoms with Gasteiger partial charge in [0.15, 0.2) is 0 Å². The minimum Gasteiger partial charge on any atom is -0.395 e. The van der Waals surface area contributed by atoms with Crippen molar-refractivity contribution in [3.63, 3.8) is 0 Å². The summed E-state index contributed by atoms with van der Waals surface area (Å²) in [4.78, 5) is 16.7. The average Bonchev–Trinajstić information content (AvgIpc) is 1.86. The van der Waals surface area contributed by atoms with Gasteiger partial charge in [0.25, 0.3) is 10.2 Å². The Morgan fingerprint density at radius 3 is 1.46 bits per heavy atom. The van der Waals surface area contributed by atoms with E-state index in [0.717, 1.165) is 0 Å². The van der Waals surface area contributed by atoms with Crippen molar-refractivity contribution >= 4 is 0 Å². The molecule has 0 rings (SSSR count). The highest BCUT2D eigenvalue weighted by Crippen LogP contribution is 1.39. The highest BCUT2D eigenvalue weighted by molar-refractivity contribution is 4.24. The summed E-state index contributed by atoms with van der Waals surface area (Å²) >= 11 is 0. The van der Waals surface area contributed by atoms with Gasteiger partial charge in [0.1, 0.15) is 0 Å². The van der Waals surface area contributed by atoms with Crippen LogP contribution in [-0.4, -0.2) is 38.8 Å². The first-order valence-electron chi connectivity index (χ1n) is 2.59. The summed E-state index contributed by atoms with van der Waals surface area (Å²) in [5.41, 5.74) is 2.27. The molecule has 0 aliphatic rings. The van der Waals surface area contributed by atoms with E-state index in [4.69, 9.17) is 41.6 Å². The van der Waals surface area contributed by atoms with Crippen LogP contribution >= 0.6 is 0 Å². The third-order valence-corrected chi connectivity index (χ3v) is 0.256. The molecule has 0 aromatic carbocycles. The van der Waals surface area contributed by atoms with Gasteiger partial charge in [0.05, 0.1) is 6.61 Å². The zero-order valence-corrected chi connectivity index (χ0v) is 6.36. The normalized spacial score (nSPS) is 6.92. The Morgan fingerprint density at radius 1 is 1.23 bits per heavy atom. The molecule has 0 amide bonds. The summed E-state index contributed by atoms with van der Waals surface area (Å²) in [7, 11) is 0. The molecule has 0 atom stereocenters. The number of rotatable bonds is 2. The highest BCUT2D eigenvalue weighted by Gasteiger charge is 1.66. The molecule has 11 heteroatoms. The van der Waals surface area contributed by atoms with Gasteiger partial charge in [-0.3, -0.25) is 11.3 Å². The van der Waals surface area contributed by atoms with Gasteiger partial charge in [0.2, 0.25) is 0 Å². The van der Waals surface area contributed by atoms with E-state index in [1.807, 2.05) is 0 Å². The summed E-state index contributed by atoms with van der Waals surface area (Å²) in [6, 6.07) is 0. The van der Waals surface area contributed by atoms with E-state index >= 15 is 0 Å². The van der Waals surface area contributed by atoms with Crippen LogP contribution in [0.3, 0.4) is 0 Å². The van der Waals surface area contributed by atoms with E-state index in [9.17, 15) is 0 Å². The molecular weight excluding hydrogens is 192 g/mol. The smallest absolute Gasteiger partial charge is 0.291 e. The van der Waals surface area contributed by atoms with E-state index in [2.05, 4.69) is 5.43 Å². The third kappa shape index (κ3) is 8990. The van der Waals surface area contributed by atoms with Gasteiger partial charge in [0, 0.05) is 6.54 Å². The first-order valence-corrected chi connectivity index (χ1v) is 2.59. The maximum absolute atomic E-state index is 8.36. The molecule has 6 N–H and O–H groups in total. The van der Waals surface area contributed by atoms with Crippen molar-refractivity contribution < 1.29 is 25.7 Å². The van der Waals surface area contributed by atoms with Crippen LogP contribution in [0.2, 0.25) is 0 Å². The van der Waals surface area contributed by atoms with E-state index in [-0.39, 0.29) is 6.61 Å². The largest absolute Gasteiger partial charge is 0.395 e. The van der Waals surface area contributed by atoms with Crippen LogP contribution in [-0.2, 0) is 0 Å². The van der Waals surface area contributed by atoms with Crippen LogP contribution < -0.4 is 11.3 Å². The third-order valence-electron chi connectivity index (χ3n) is 0.256. The van der Waals surface area contributed by atoms with Gasteiger partial charge < -0.3 is 15.5 Å². The fourth-order valence-corrected chi connectivity index (χ4v) is 0.0645. The molecule has 80 valence electrons. The van der Waals surface area contributed by atoms with E-state index in [1.165, 1.54) is 0 Å². The van der Waals surface area contributed by atoms with Crippen LogP contribution in [0.1, 0.15) is 0 Å². The van der Waals surface area contributed by atoms with Gasteiger partial charge in [-0.2, -0.15) is 0 Å². The van der Waals surface area contributed by atoms with Gasteiger partial charge in [-0.15, -0.1) is 20.2 Å². The molecule has 0 fully saturated rings. The average molecular weight is 202 g/mol. The Labute approximate surface area is 71.6 Å². The van der Waals surface area contributed by atoms with Crippen LogP contribution in [0.25, 0.3) is 0 Å². The molecule has 0 aromatic heterocycles. The number of hydrogen-bond donors (Lipinski definition) is 5. The predicted octanol–water partition coefficient (Wildman–Crippen LogP) is -2.25. The van der Waals surface area contributed by atoms with E-state index < -0.39 is 10.2 Å². The highest BCUT2D eigenvalue weighted by atomic mass is 16.9. The maximum atomic E-state index is 8.36. The number of nitrogens with one attached hydrogen (secondary N) is 1. The molecule has 0 unspecified atom stereocenters. The minimum atomic E-state index is -1.50. The van der Waals surface area contributed by atoms with Crippen molar-refractivity contribution in [3.05, 3.63) is 20.2 Å². The zero-order valence-electron chi connectivity index (χ0n) is 6.36. The fraction of sp³-hybridized carbons (Fsp3) is 1.00. The van der Waals surface area contributed by atoms with Gasteiger partial charge in [-0.1, -0.05) is 0 Å². The second kappa shape index (κ2) is 16.7. The molecule has 0 aliphatic carbocycles. The lowest BCUT2D eigenvalue weighted by Gasteiger charge is -1.84. The molecule has 0 aliphatic heterocycles. The van der Waals surface area contributed by atoms with Crippen molar-refractivity contribution in [2.75, 3.05) is 13.2 Å². The quantitative estimate of drug-likeness (QED) is 0.187. The molecule has 0 aromatic rings. The Kier molecular flexibility index (Phi) is 22.3. The van der Waals surface area contributed by atoms with Crippen LogP contribution in [0.4, 0.5) is 0 Å². The van der Waals surface area contributed by atoms with Crippen molar-refractivity contribution in [2.24, 2.45) is 5.84 Å². The lowest BCUT2D eigenvalue weighted by Crippen LogP contribution is -2.24. The molecule has 11 nitrogen and oxygen atoms in total. The Hall–Kier alpha value is -1.72. The monoisotopic (exact) mass is 202 g/mol. The molecule has 0 saturated heterocycles. The second-order valence-electron chi connectivity index (χ2n) is 1.15. The molecule has 0 saturated carbocycles. The van der Waals surface area contributed by atoms with Crippen LogP contribution in [0.5, 0.6) is 0 Å². The van der Waals surface area contributed by atoms with Crippen molar-refractivity contribution in [3.8, 4) is 0 Å². The van der Waals surface area contributed by atoms with E-state index in [1.54, 1.807) is 0 Å². The molecule has 0 bridgehead atoms. The number of nitrogens with zero attached hydrogens (tertiary/aromatic N) is 2. The van der Waals surface area contributed by atoms with Crippen molar-refractivity contribution in [2.45, 2.75) is 0 Å². The standard InChI is InChI=1S/C2H8N2O.2HNO3/c3-4-1-2-5;2*2-1(3)4/h4-5H,1-3H2;2*(H,2,3,4). The van der Waals surface area contributed by atoms with Crippen molar-refractivity contribution in [1.82, 2.24) is 5.43 Å². The SMILES string of the molecule is NNCCO.O=[N+]([O-])O.O=[N+]([O-])O. The lowest BCUT2D eigenvalue weighted by atomic mass is 10.7. The molecule has 0 heterocycles. The van der Waals surface area contributed by atoms with E-state index in [0.29, 0.717) is 6.54 Å². The van der Waals surface area contributed by atoms with Crippen LogP contribution in [0, 0.1) is 20.2 Å². The fourth-order valence-electron chi connectivity index (χ4n) is 0.0645. The summed E-state index contributed by atoms with van der Waals surface area (Å²) in [5.74, 6) is 4.73. The number of hydrazine groups is 1. The molecule has 0 radical (unpaired) electrons. The number of aliphatic hydroxyl groups excluding tert-OH is 1. The first kappa shape index (κ1) is 17.4. The predicted molar refractivity (Wildman–Crippen MR) is 36.8 cm³/mol. The summed E-state index contributed by atoms with van der Waals surface area (Å²) in [5, 5.41) is 35.2. The Bertz CT molecular complexity index is 106. The molecule has 0 spiro atoms. The molecular formula is C2H10N4O7. The summed E-state index contributed by atoms with van der Waals surface area (Å²) < 4.78 is 0. The van der Waals surface area contributed by atoms with Crippen molar-refractivity contribution in [1.29, 1.82) is 0 Å². The topological polar surface area (TPSA) is 185 Å². The maximum Gasteiger partial charge on any atom is 0.291 e. The number of aliphatic hydroxyl groups is 1. The van der Waals surface area contributed by atoms with Gasteiger partial charge >= 0.3 is 0 Å². The Balaban J connectivity index is -0.000000117.